The van der Waals surface area contributed by atoms with Gasteiger partial charge in [0.1, 0.15) is 0 Å². The van der Waals surface area contributed by atoms with Gasteiger partial charge in [-0.3, -0.25) is 9.79 Å². The number of rotatable bonds is 3. The van der Waals surface area contributed by atoms with E-state index in [-0.39, 0.29) is 5.91 Å². The summed E-state index contributed by atoms with van der Waals surface area (Å²) in [5.74, 6) is -0.0822. The van der Waals surface area contributed by atoms with E-state index < -0.39 is 0 Å². The SMILES string of the molecule is CCN1C(=O)C(=Nn2c(-c3ccc(Br)cc3)csc2=NC)c2ccccc21. The molecule has 1 aromatic heterocycles. The molecule has 0 unspecified atom stereocenters. The van der Waals surface area contributed by atoms with Gasteiger partial charge in [-0.15, -0.1) is 11.3 Å². The Balaban J connectivity index is 1.91. The highest BCUT2D eigenvalue weighted by Crippen LogP contribution is 2.29. The van der Waals surface area contributed by atoms with Crippen molar-refractivity contribution in [3.05, 3.63) is 68.7 Å². The third-order valence-electron chi connectivity index (χ3n) is 4.43. The molecule has 0 saturated carbocycles. The zero-order chi connectivity index (χ0) is 19.0. The number of hydrogen-bond acceptors (Lipinski definition) is 4. The zero-order valence-electron chi connectivity index (χ0n) is 14.9. The van der Waals surface area contributed by atoms with E-state index in [0.29, 0.717) is 12.3 Å². The van der Waals surface area contributed by atoms with Gasteiger partial charge in [0.2, 0.25) is 4.80 Å². The Bertz CT molecular complexity index is 1110. The van der Waals surface area contributed by atoms with Crippen molar-refractivity contribution in [2.75, 3.05) is 18.5 Å². The highest BCUT2D eigenvalue weighted by molar-refractivity contribution is 9.10. The number of likely N-dealkylation sites (N-methyl/N-ethyl adjacent to an activating group) is 1. The molecule has 136 valence electrons. The van der Waals surface area contributed by atoms with Gasteiger partial charge in [0.25, 0.3) is 5.91 Å². The average Bonchev–Trinajstić information content (AvgIpc) is 3.21. The van der Waals surface area contributed by atoms with Crippen LogP contribution < -0.4 is 9.70 Å². The van der Waals surface area contributed by atoms with Gasteiger partial charge in [-0.2, -0.15) is 5.10 Å². The first-order valence-electron chi connectivity index (χ1n) is 8.53. The molecule has 3 aromatic rings. The predicted octanol–water partition coefficient (Wildman–Crippen LogP) is 4.13. The lowest BCUT2D eigenvalue weighted by atomic mass is 10.1. The number of carbonyl (C=O) groups excluding carboxylic acids is 1. The number of nitrogens with zero attached hydrogens (tertiary/aromatic N) is 4. The summed E-state index contributed by atoms with van der Waals surface area (Å²) >= 11 is 4.97. The van der Waals surface area contributed by atoms with Crippen LogP contribution in [0.3, 0.4) is 0 Å². The number of benzene rings is 2. The van der Waals surface area contributed by atoms with Crippen LogP contribution in [0.1, 0.15) is 12.5 Å². The fraction of sp³-hybridized carbons (Fsp3) is 0.150. The second-order valence-electron chi connectivity index (χ2n) is 5.96. The molecule has 0 atom stereocenters. The van der Waals surface area contributed by atoms with Crippen molar-refractivity contribution in [1.82, 2.24) is 4.68 Å². The molecule has 1 amide bonds. The van der Waals surface area contributed by atoms with Crippen molar-refractivity contribution < 1.29 is 4.79 Å². The normalized spacial score (nSPS) is 15.7. The summed E-state index contributed by atoms with van der Waals surface area (Å²) < 4.78 is 2.77. The van der Waals surface area contributed by atoms with Gasteiger partial charge in [0.15, 0.2) is 5.71 Å². The van der Waals surface area contributed by atoms with Crippen LogP contribution in [0.4, 0.5) is 5.69 Å². The van der Waals surface area contributed by atoms with Crippen molar-refractivity contribution in [2.24, 2.45) is 10.1 Å². The Hall–Kier alpha value is -2.51. The largest absolute Gasteiger partial charge is 0.307 e. The number of halogens is 1. The fourth-order valence-electron chi connectivity index (χ4n) is 3.14. The van der Waals surface area contributed by atoms with Crippen LogP contribution in [-0.2, 0) is 4.79 Å². The van der Waals surface area contributed by atoms with Gasteiger partial charge in [-0.05, 0) is 25.1 Å². The molecule has 2 aromatic carbocycles. The maximum atomic E-state index is 13.0. The molecular weight excluding hydrogens is 424 g/mol. The van der Waals surface area contributed by atoms with Crippen LogP contribution in [0, 0.1) is 0 Å². The first kappa shape index (κ1) is 17.9. The Morgan fingerprint density at radius 3 is 2.56 bits per heavy atom. The number of carbonyl (C=O) groups is 1. The maximum absolute atomic E-state index is 13.0. The second-order valence-corrected chi connectivity index (χ2v) is 7.71. The summed E-state index contributed by atoms with van der Waals surface area (Å²) in [5, 5.41) is 6.77. The van der Waals surface area contributed by atoms with Crippen LogP contribution >= 0.6 is 27.3 Å². The van der Waals surface area contributed by atoms with E-state index in [1.54, 1.807) is 16.6 Å². The molecule has 0 aliphatic carbocycles. The van der Waals surface area contributed by atoms with E-state index >= 15 is 0 Å². The van der Waals surface area contributed by atoms with Gasteiger partial charge in [0.05, 0.1) is 11.4 Å². The molecular formula is C20H17BrN4OS. The zero-order valence-corrected chi connectivity index (χ0v) is 17.3. The van der Waals surface area contributed by atoms with E-state index in [9.17, 15) is 4.79 Å². The fourth-order valence-corrected chi connectivity index (χ4v) is 4.20. The lowest BCUT2D eigenvalue weighted by Crippen LogP contribution is -2.30. The highest BCUT2D eigenvalue weighted by Gasteiger charge is 2.33. The lowest BCUT2D eigenvalue weighted by molar-refractivity contribution is -0.112. The maximum Gasteiger partial charge on any atom is 0.279 e. The first-order valence-corrected chi connectivity index (χ1v) is 10.2. The molecule has 5 nitrogen and oxygen atoms in total. The molecule has 2 heterocycles. The van der Waals surface area contributed by atoms with Crippen molar-refractivity contribution in [2.45, 2.75) is 6.92 Å². The van der Waals surface area contributed by atoms with E-state index in [0.717, 1.165) is 31.8 Å². The Morgan fingerprint density at radius 1 is 1.11 bits per heavy atom. The molecule has 0 fully saturated rings. The summed E-state index contributed by atoms with van der Waals surface area (Å²) in [7, 11) is 1.73. The molecule has 0 saturated heterocycles. The summed E-state index contributed by atoms with van der Waals surface area (Å²) in [4.78, 5) is 19.8. The van der Waals surface area contributed by atoms with E-state index in [1.165, 1.54) is 11.3 Å². The number of amides is 1. The molecule has 1 aliphatic rings. The summed E-state index contributed by atoms with van der Waals surface area (Å²) in [6.07, 6.45) is 0. The van der Waals surface area contributed by atoms with Crippen LogP contribution in [0.25, 0.3) is 11.3 Å². The van der Waals surface area contributed by atoms with Gasteiger partial charge in [-0.1, -0.05) is 46.3 Å². The minimum atomic E-state index is -0.0822. The molecule has 0 spiro atoms. The molecule has 27 heavy (non-hydrogen) atoms. The van der Waals surface area contributed by atoms with Crippen LogP contribution in [0.5, 0.6) is 0 Å². The Kier molecular flexibility index (Phi) is 4.80. The monoisotopic (exact) mass is 440 g/mol. The van der Waals surface area contributed by atoms with Gasteiger partial charge in [-0.25, -0.2) is 4.68 Å². The smallest absolute Gasteiger partial charge is 0.279 e. The van der Waals surface area contributed by atoms with Gasteiger partial charge < -0.3 is 4.90 Å². The van der Waals surface area contributed by atoms with Crippen LogP contribution in [0.15, 0.2) is 68.5 Å². The summed E-state index contributed by atoms with van der Waals surface area (Å²) in [6.45, 7) is 2.57. The number of aromatic nitrogens is 1. The topological polar surface area (TPSA) is 50.0 Å². The molecule has 0 bridgehead atoms. The Labute approximate surface area is 169 Å². The molecule has 0 N–H and O–H groups in total. The second kappa shape index (κ2) is 7.25. The molecule has 1 aliphatic heterocycles. The molecule has 0 radical (unpaired) electrons. The number of thiazole rings is 1. The third kappa shape index (κ3) is 3.07. The number of anilines is 1. The number of para-hydroxylation sites is 1. The van der Waals surface area contributed by atoms with Gasteiger partial charge >= 0.3 is 0 Å². The lowest BCUT2D eigenvalue weighted by Gasteiger charge is -2.13. The van der Waals surface area contributed by atoms with Gasteiger partial charge in [0, 0.05) is 34.6 Å². The predicted molar refractivity (Wildman–Crippen MR) is 113 cm³/mol. The standard InChI is InChI=1S/C20H17BrN4OS/c1-3-24-16-7-5-4-6-15(16)18(19(24)26)23-25-17(12-27-20(25)22-2)13-8-10-14(21)11-9-13/h4-12H,3H2,1-2H3. The van der Waals surface area contributed by atoms with E-state index in [4.69, 9.17) is 5.10 Å². The molecule has 4 rings (SSSR count). The van der Waals surface area contributed by atoms with Crippen molar-refractivity contribution in [1.29, 1.82) is 0 Å². The minimum Gasteiger partial charge on any atom is -0.307 e. The third-order valence-corrected chi connectivity index (χ3v) is 5.87. The average molecular weight is 441 g/mol. The Morgan fingerprint density at radius 2 is 1.85 bits per heavy atom. The van der Waals surface area contributed by atoms with Crippen molar-refractivity contribution >= 4 is 44.6 Å². The molecule has 7 heteroatoms. The van der Waals surface area contributed by atoms with Crippen molar-refractivity contribution in [3.8, 4) is 11.3 Å². The van der Waals surface area contributed by atoms with Crippen molar-refractivity contribution in [3.63, 3.8) is 0 Å². The van der Waals surface area contributed by atoms with Crippen LogP contribution in [0.2, 0.25) is 0 Å². The summed E-state index contributed by atoms with van der Waals surface area (Å²) in [6, 6.07) is 15.8. The highest BCUT2D eigenvalue weighted by atomic mass is 79.9. The number of hydrogen-bond donors (Lipinski definition) is 0. The quantitative estimate of drug-likeness (QED) is 0.603. The first-order chi connectivity index (χ1) is 13.1. The van der Waals surface area contributed by atoms with E-state index in [2.05, 4.69) is 20.9 Å². The minimum absolute atomic E-state index is 0.0822. The summed E-state index contributed by atoms with van der Waals surface area (Å²) in [5.41, 5.74) is 4.12. The number of fused-ring (bicyclic) bond motifs is 1. The van der Waals surface area contributed by atoms with E-state index in [1.807, 2.05) is 60.8 Å². The van der Waals surface area contributed by atoms with Crippen LogP contribution in [-0.4, -0.2) is 29.9 Å².